The fraction of sp³-hybridized carbons (Fsp3) is 0.800. The minimum Gasteiger partial charge on any atom is -0.693 e. The number of nitrogens with one attached hydrogen (secondary N) is 5. The van der Waals surface area contributed by atoms with Crippen molar-refractivity contribution in [1.82, 2.24) is 46.2 Å². The molecule has 6 unspecified atom stereocenters. The van der Waals surface area contributed by atoms with E-state index in [-0.39, 0.29) is 66.6 Å². The van der Waals surface area contributed by atoms with Gasteiger partial charge in [-0.1, -0.05) is 50.7 Å². The van der Waals surface area contributed by atoms with E-state index in [9.17, 15) is 42.7 Å². The smallest absolute Gasteiger partial charge is 0.407 e. The van der Waals surface area contributed by atoms with Gasteiger partial charge < -0.3 is 71.5 Å². The zero-order valence-corrected chi connectivity index (χ0v) is 63.1. The number of aromatic amines is 1. The highest BCUT2D eigenvalue weighted by Gasteiger charge is 2.51. The Morgan fingerprint density at radius 3 is 1.77 bits per heavy atom. The zero-order valence-electron chi connectivity index (χ0n) is 61.4. The van der Waals surface area contributed by atoms with Crippen molar-refractivity contribution >= 4 is 56.6 Å². The number of likely N-dealkylation sites (N-methyl/N-ethyl adjacent to an activating group) is 1. The normalized spacial score (nSPS) is 19.7. The van der Waals surface area contributed by atoms with E-state index in [0.29, 0.717) is 88.9 Å². The first-order valence-electron chi connectivity index (χ1n) is 36.7. The molecule has 101 heavy (non-hydrogen) atoms. The Hall–Kier alpha value is -5.82. The predicted molar refractivity (Wildman–Crippen MR) is 386 cm³/mol. The van der Waals surface area contributed by atoms with Crippen molar-refractivity contribution in [3.63, 3.8) is 0 Å². The maximum Gasteiger partial charge on any atom is 0.407 e. The maximum atomic E-state index is 12.2. The van der Waals surface area contributed by atoms with E-state index in [1.54, 1.807) is 27.1 Å². The van der Waals surface area contributed by atoms with Gasteiger partial charge in [-0.15, -0.1) is 16.9 Å². The van der Waals surface area contributed by atoms with Crippen LogP contribution in [0.2, 0.25) is 0 Å². The van der Waals surface area contributed by atoms with E-state index < -0.39 is 27.2 Å². The zero-order chi connectivity index (χ0) is 73.6. The first-order chi connectivity index (χ1) is 47.9. The molecule has 4 aliphatic carbocycles. The number of ether oxygens (including phenoxy) is 2. The standard InChI is InChI=1S/C32H56N5O7P.C19H31O5P.C13H26N4O2.C6H9N3O2.H2N/c1-4-25(24(2)38)13-7-10-19-33-31(39)14-8-11-21-37-30-18-16-27-26(15-17-29(30)35-36-37)28(27)23-43-32(40)34-20-9-5-6-12-22-44-45(3,41)42;1-25(21,22)24-14-10-6-2-3-9-13-19(20)23-15-18-16-11-7-4-5-8-12-17(16)18;1-11(18)12(15-2)7-3-5-9-16-13(19)8-4-6-10-17-14;7-5(6(10)11)1-4-2-8-3-9-4;/h25-28H,4-23H2,1-3H3,(H,33,39)(H,34,40)(H,41,42);16-18H,2-3,6-15H2,1H3,(H,21,22);12,14-15H,3-10H2,1-2H3,(H,16,19);2-3,5H,1,7H2,(H,8,9)(H,10,11);1H2/q;;;;-1/p+1/t25?,26-,27+,28-;16-,17+,18?;;;/m1..../s1. The average molecular weight is 1470 g/mol. The van der Waals surface area contributed by atoms with Crippen LogP contribution in [0.1, 0.15) is 224 Å². The number of amides is 3. The minimum atomic E-state index is -3.39. The molecule has 4 aliphatic rings. The van der Waals surface area contributed by atoms with Gasteiger partial charge in [0.15, 0.2) is 0 Å². The number of carboxylic acids is 1. The van der Waals surface area contributed by atoms with Gasteiger partial charge in [0.25, 0.3) is 0 Å². The molecule has 576 valence electrons. The van der Waals surface area contributed by atoms with Crippen molar-refractivity contribution in [3.8, 4) is 11.8 Å². The molecule has 29 nitrogen and oxygen atoms in total. The molecular formula is C70H125N13O16P2. The average Bonchev–Trinajstić information content (AvgIpc) is 1.62. The van der Waals surface area contributed by atoms with Crippen LogP contribution in [0.25, 0.3) is 6.15 Å². The van der Waals surface area contributed by atoms with Gasteiger partial charge in [0.2, 0.25) is 11.8 Å². The first-order valence-corrected chi connectivity index (χ1v) is 40.8. The Balaban J connectivity index is 0.000000518. The molecule has 11 atom stereocenters. The second kappa shape index (κ2) is 53.0. The van der Waals surface area contributed by atoms with Crippen LogP contribution >= 0.6 is 15.2 Å². The number of aliphatic carboxylic acids is 1. The number of fused-ring (bicyclic) bond motifs is 3. The third kappa shape index (κ3) is 43.2. The number of carboxylic acid groups (broad SMARTS) is 1. The lowest BCUT2D eigenvalue weighted by Crippen LogP contribution is -2.32. The number of alkyl carbamates (subject to hydrolysis) is 1. The van der Waals surface area contributed by atoms with E-state index in [4.69, 9.17) is 44.7 Å². The summed E-state index contributed by atoms with van der Waals surface area (Å²) in [5.41, 5.74) is 13.3. The van der Waals surface area contributed by atoms with Gasteiger partial charge in [0.05, 0.1) is 50.2 Å². The molecule has 2 heterocycles. The topological polar surface area (TPSA) is 456 Å². The number of Topliss-reactive ketones (excluding diaryl/α,β-unsaturated/α-hetero) is 2. The van der Waals surface area contributed by atoms with Crippen molar-refractivity contribution in [2.24, 2.45) is 52.3 Å². The molecule has 2 saturated carbocycles. The molecule has 2 fully saturated rings. The number of esters is 1. The number of hydrogen-bond acceptors (Lipinski definition) is 19. The van der Waals surface area contributed by atoms with Gasteiger partial charge in [-0.3, -0.25) is 37.9 Å². The van der Waals surface area contributed by atoms with Gasteiger partial charge in [-0.2, -0.15) is 5.53 Å². The molecule has 2 aromatic rings. The largest absolute Gasteiger partial charge is 0.693 e. The monoisotopic (exact) mass is 1470 g/mol. The number of carbonyl (C=O) groups is 7. The predicted octanol–water partition coefficient (Wildman–Crippen LogP) is 9.26. The molecule has 0 spiro atoms. The van der Waals surface area contributed by atoms with E-state index in [2.05, 4.69) is 58.5 Å². The second-order valence-corrected chi connectivity index (χ2v) is 30.7. The molecule has 6 rings (SSSR count). The highest BCUT2D eigenvalue weighted by atomic mass is 31.2. The Labute approximate surface area is 599 Å². The fourth-order valence-electron chi connectivity index (χ4n) is 12.8. The Kier molecular flexibility index (Phi) is 47.9. The molecule has 31 heteroatoms. The van der Waals surface area contributed by atoms with Gasteiger partial charge in [0.1, 0.15) is 24.2 Å². The van der Waals surface area contributed by atoms with Crippen LogP contribution in [-0.2, 0) is 82.2 Å². The van der Waals surface area contributed by atoms with Gasteiger partial charge >= 0.3 is 33.2 Å². The minimum absolute atomic E-state index is 0. The van der Waals surface area contributed by atoms with E-state index >= 15 is 0 Å². The van der Waals surface area contributed by atoms with Crippen LogP contribution in [0.4, 0.5) is 4.79 Å². The highest BCUT2D eigenvalue weighted by molar-refractivity contribution is 7.52. The van der Waals surface area contributed by atoms with Crippen LogP contribution < -0.4 is 32.5 Å². The Morgan fingerprint density at radius 1 is 0.703 bits per heavy atom. The molecule has 3 amide bonds. The van der Waals surface area contributed by atoms with E-state index in [0.717, 1.165) is 210 Å². The molecule has 2 aromatic heterocycles. The fourth-order valence-corrected chi connectivity index (χ4v) is 13.7. The lowest BCUT2D eigenvalue weighted by Gasteiger charge is -2.12. The number of aromatic nitrogens is 5. The number of H-pyrrole nitrogens is 1. The SMILES string of the molecule is CCC(CCCCNC(=O)CCCCn1nnc2c1CC[C@H]1[C@@H](CC2)[C@H]1COC(=O)NCCCCCCOP(C)(=O)O)C(C)=O.CNC(CCCCNC(=O)CCCCN=[NH2+])C(C)=O.CP(=O)(O)OCCCCCCCC(=O)OCC1[C@H]2CCC#CCC[C@@H]12.NC(Cc1cnc[nH]1)C(=O)O.[NH2-]. The molecule has 14 N–H and O–H groups in total. The summed E-state index contributed by atoms with van der Waals surface area (Å²) >= 11 is 0. The summed E-state index contributed by atoms with van der Waals surface area (Å²) in [6, 6.07) is -0.911. The summed E-state index contributed by atoms with van der Waals surface area (Å²) in [4.78, 5) is 105. The Bertz CT molecular complexity index is 2850. The van der Waals surface area contributed by atoms with Crippen molar-refractivity contribution in [2.45, 2.75) is 245 Å². The number of unbranched alkanes of at least 4 members (excludes halogenated alkanes) is 11. The first kappa shape index (κ1) is 91.3. The number of ketones is 2. The van der Waals surface area contributed by atoms with Crippen molar-refractivity contribution in [3.05, 3.63) is 35.8 Å². The lowest BCUT2D eigenvalue weighted by molar-refractivity contribution is -0.222. The Morgan fingerprint density at radius 2 is 1.23 bits per heavy atom. The van der Waals surface area contributed by atoms with Crippen LogP contribution in [0.15, 0.2) is 17.6 Å². The number of imidazole rings is 1. The third-order valence-corrected chi connectivity index (χ3v) is 20.1. The number of rotatable bonds is 48. The van der Waals surface area contributed by atoms with Crippen LogP contribution in [-0.4, -0.2) is 166 Å². The number of nitrogens with two attached hydrogens (primary N) is 3. The molecule has 0 radical (unpaired) electrons. The third-order valence-electron chi connectivity index (χ3n) is 18.8. The summed E-state index contributed by atoms with van der Waals surface area (Å²) < 4.78 is 44.7. The van der Waals surface area contributed by atoms with Crippen LogP contribution in [0.5, 0.6) is 0 Å². The lowest BCUT2D eigenvalue weighted by atomic mass is 9.95. The van der Waals surface area contributed by atoms with Crippen LogP contribution in [0.3, 0.4) is 0 Å². The van der Waals surface area contributed by atoms with E-state index in [1.165, 1.54) is 25.4 Å². The molecule has 0 aliphatic heterocycles. The van der Waals surface area contributed by atoms with Crippen molar-refractivity contribution < 1.29 is 81.6 Å². The van der Waals surface area contributed by atoms with Gasteiger partial charge in [-0.05, 0) is 190 Å². The number of hydrogen-bond donors (Lipinski definition) is 10. The summed E-state index contributed by atoms with van der Waals surface area (Å²) in [7, 11) is -4.93. The number of nitrogens with zero attached hydrogens (tertiary/aromatic N) is 5. The van der Waals surface area contributed by atoms with Gasteiger partial charge in [0, 0.05) is 95.8 Å². The number of carbonyl (C=O) groups excluding carboxylic acids is 6. The summed E-state index contributed by atoms with van der Waals surface area (Å²) in [6.07, 6.45) is 30.2. The summed E-state index contributed by atoms with van der Waals surface area (Å²) in [6.45, 7) is 12.6. The van der Waals surface area contributed by atoms with Crippen molar-refractivity contribution in [2.75, 3.05) is 73.0 Å². The second-order valence-electron chi connectivity index (χ2n) is 27.0. The van der Waals surface area contributed by atoms with Crippen molar-refractivity contribution in [1.29, 1.82) is 0 Å². The van der Waals surface area contributed by atoms with E-state index in [1.807, 2.05) is 11.6 Å². The highest BCUT2D eigenvalue weighted by Crippen LogP contribution is 2.53. The van der Waals surface area contributed by atoms with Crippen LogP contribution in [0, 0.1) is 53.3 Å². The maximum absolute atomic E-state index is 12.2. The summed E-state index contributed by atoms with van der Waals surface area (Å²) in [5, 5.41) is 32.5. The molecular weight excluding hydrogens is 1340 g/mol. The molecule has 0 saturated heterocycles. The quantitative estimate of drug-likeness (QED) is 0.00969. The number of aryl methyl sites for hydroxylation is 2. The molecule has 0 aromatic carbocycles. The summed E-state index contributed by atoms with van der Waals surface area (Å²) in [5.74, 6) is 9.60. The van der Waals surface area contributed by atoms with Gasteiger partial charge in [-0.25, -0.2) is 14.5 Å². The molecule has 0 bridgehead atoms.